The maximum absolute atomic E-state index is 11.6. The monoisotopic (exact) mass is 260 g/mol. The van der Waals surface area contributed by atoms with Crippen LogP contribution in [-0.4, -0.2) is 29.2 Å². The molecule has 1 amide bonds. The summed E-state index contributed by atoms with van der Waals surface area (Å²) in [7, 11) is 0. The van der Waals surface area contributed by atoms with Crippen molar-refractivity contribution in [2.24, 2.45) is 5.73 Å². The second-order valence-corrected chi connectivity index (χ2v) is 4.11. The van der Waals surface area contributed by atoms with E-state index in [1.54, 1.807) is 6.07 Å². The van der Waals surface area contributed by atoms with Crippen LogP contribution < -0.4 is 11.1 Å². The molecule has 1 aromatic heterocycles. The molecule has 0 atom stereocenters. The predicted octanol–water partition coefficient (Wildman–Crippen LogP) is 1.42. The highest BCUT2D eigenvalue weighted by molar-refractivity contribution is 5.92. The van der Waals surface area contributed by atoms with Gasteiger partial charge in [0.1, 0.15) is 5.69 Å². The van der Waals surface area contributed by atoms with Crippen molar-refractivity contribution in [3.05, 3.63) is 17.5 Å². The summed E-state index contributed by atoms with van der Waals surface area (Å²) in [6.45, 7) is 5.42. The van der Waals surface area contributed by atoms with Gasteiger partial charge in [0, 0.05) is 12.2 Å². The third-order valence-electron chi connectivity index (χ3n) is 2.37. The Bertz CT molecular complexity index is 338. The minimum atomic E-state index is -0.125. The number of hydrogen-bond acceptors (Lipinski definition) is 3. The lowest BCUT2D eigenvalue weighted by molar-refractivity contribution is 0.0948. The maximum atomic E-state index is 11.6. The van der Waals surface area contributed by atoms with Crippen molar-refractivity contribution in [1.82, 2.24) is 15.5 Å². The second-order valence-electron chi connectivity index (χ2n) is 4.11. The first kappa shape index (κ1) is 15.9. The molecule has 0 aromatic carbocycles. The molecule has 17 heavy (non-hydrogen) atoms. The van der Waals surface area contributed by atoms with Gasteiger partial charge in [-0.1, -0.05) is 13.8 Å². The number of amides is 1. The van der Waals surface area contributed by atoms with E-state index in [9.17, 15) is 4.79 Å². The Morgan fingerprint density at radius 3 is 2.76 bits per heavy atom. The van der Waals surface area contributed by atoms with E-state index in [4.69, 9.17) is 5.73 Å². The Labute approximate surface area is 108 Å². The molecule has 6 heteroatoms. The molecule has 0 saturated carbocycles. The predicted molar refractivity (Wildman–Crippen MR) is 70.5 cm³/mol. The van der Waals surface area contributed by atoms with Crippen molar-refractivity contribution in [3.63, 3.8) is 0 Å². The highest BCUT2D eigenvalue weighted by atomic mass is 35.5. The minimum absolute atomic E-state index is 0. The summed E-state index contributed by atoms with van der Waals surface area (Å²) in [5.41, 5.74) is 6.80. The molecule has 0 radical (unpaired) electrons. The maximum Gasteiger partial charge on any atom is 0.271 e. The molecule has 1 heterocycles. The number of halogens is 1. The van der Waals surface area contributed by atoms with Crippen molar-refractivity contribution in [2.75, 3.05) is 13.1 Å². The molecule has 1 rings (SSSR count). The van der Waals surface area contributed by atoms with E-state index in [2.05, 4.69) is 29.4 Å². The third-order valence-corrected chi connectivity index (χ3v) is 2.37. The number of hydrogen-bond donors (Lipinski definition) is 3. The molecule has 0 saturated heterocycles. The number of aromatic amines is 1. The molecule has 0 unspecified atom stereocenters. The van der Waals surface area contributed by atoms with Crippen molar-refractivity contribution >= 4 is 18.3 Å². The van der Waals surface area contributed by atoms with Crippen molar-refractivity contribution < 1.29 is 4.79 Å². The normalized spacial score (nSPS) is 10.1. The van der Waals surface area contributed by atoms with Crippen molar-refractivity contribution in [2.45, 2.75) is 32.6 Å². The number of aromatic nitrogens is 2. The summed E-state index contributed by atoms with van der Waals surface area (Å²) in [5.74, 6) is 0.228. The molecular formula is C11H21ClN4O. The summed E-state index contributed by atoms with van der Waals surface area (Å²) in [6.07, 6.45) is 1.84. The molecule has 0 spiro atoms. The fourth-order valence-corrected chi connectivity index (χ4v) is 1.31. The molecule has 4 N–H and O–H groups in total. The Balaban J connectivity index is 0.00000256. The Morgan fingerprint density at radius 2 is 2.24 bits per heavy atom. The Hall–Kier alpha value is -1.07. The van der Waals surface area contributed by atoms with Gasteiger partial charge in [0.15, 0.2) is 0 Å². The first-order valence-electron chi connectivity index (χ1n) is 5.68. The van der Waals surface area contributed by atoms with Gasteiger partial charge in [0.25, 0.3) is 5.91 Å². The number of unbranched alkanes of at least 4 members (excludes halogenated alkanes) is 1. The van der Waals surface area contributed by atoms with Gasteiger partial charge >= 0.3 is 0 Å². The number of H-pyrrole nitrogens is 1. The summed E-state index contributed by atoms with van der Waals surface area (Å²) in [5, 5.41) is 9.64. The lowest BCUT2D eigenvalue weighted by Crippen LogP contribution is -2.25. The average Bonchev–Trinajstić information content (AvgIpc) is 2.73. The summed E-state index contributed by atoms with van der Waals surface area (Å²) in [4.78, 5) is 11.6. The Kier molecular flexibility index (Phi) is 7.58. The van der Waals surface area contributed by atoms with Gasteiger partial charge in [0.2, 0.25) is 0 Å². The lowest BCUT2D eigenvalue weighted by Gasteiger charge is -2.01. The van der Waals surface area contributed by atoms with Gasteiger partial charge in [-0.25, -0.2) is 0 Å². The smallest absolute Gasteiger partial charge is 0.271 e. The van der Waals surface area contributed by atoms with Gasteiger partial charge < -0.3 is 11.1 Å². The standard InChI is InChI=1S/C11H20N4O.ClH/c1-8(2)9-7-10(15-14-9)11(16)13-6-4-3-5-12;/h7-8H,3-6,12H2,1-2H3,(H,13,16)(H,14,15);1H. The van der Waals surface area contributed by atoms with Gasteiger partial charge in [-0.15, -0.1) is 12.4 Å². The molecule has 0 bridgehead atoms. The van der Waals surface area contributed by atoms with E-state index in [1.165, 1.54) is 0 Å². The molecule has 5 nitrogen and oxygen atoms in total. The second kappa shape index (κ2) is 8.08. The van der Waals surface area contributed by atoms with Gasteiger partial charge in [-0.3, -0.25) is 9.89 Å². The lowest BCUT2D eigenvalue weighted by atomic mass is 10.1. The highest BCUT2D eigenvalue weighted by Gasteiger charge is 2.10. The van der Waals surface area contributed by atoms with Gasteiger partial charge in [-0.2, -0.15) is 5.10 Å². The number of carbonyl (C=O) groups excluding carboxylic acids is 1. The fourth-order valence-electron chi connectivity index (χ4n) is 1.31. The van der Waals surface area contributed by atoms with Crippen LogP contribution in [0, 0.1) is 0 Å². The van der Waals surface area contributed by atoms with Crippen molar-refractivity contribution in [1.29, 1.82) is 0 Å². The molecular weight excluding hydrogens is 240 g/mol. The molecule has 0 aliphatic carbocycles. The molecule has 1 aromatic rings. The first-order valence-corrected chi connectivity index (χ1v) is 5.68. The van der Waals surface area contributed by atoms with Crippen LogP contribution in [0.2, 0.25) is 0 Å². The van der Waals surface area contributed by atoms with Crippen molar-refractivity contribution in [3.8, 4) is 0 Å². The van der Waals surface area contributed by atoms with Gasteiger partial charge in [0.05, 0.1) is 0 Å². The number of nitrogens with two attached hydrogens (primary N) is 1. The van der Waals surface area contributed by atoms with E-state index in [-0.39, 0.29) is 18.3 Å². The molecule has 0 aliphatic rings. The van der Waals surface area contributed by atoms with Crippen LogP contribution in [0.4, 0.5) is 0 Å². The van der Waals surface area contributed by atoms with E-state index in [0.29, 0.717) is 24.7 Å². The van der Waals surface area contributed by atoms with Gasteiger partial charge in [-0.05, 0) is 31.4 Å². The molecule has 0 fully saturated rings. The van der Waals surface area contributed by atoms with E-state index in [0.717, 1.165) is 18.5 Å². The summed E-state index contributed by atoms with van der Waals surface area (Å²) < 4.78 is 0. The fraction of sp³-hybridized carbons (Fsp3) is 0.636. The SMILES string of the molecule is CC(C)c1cc(C(=O)NCCCCN)n[nH]1.Cl. The summed E-state index contributed by atoms with van der Waals surface area (Å²) in [6, 6.07) is 1.79. The quantitative estimate of drug-likeness (QED) is 0.677. The highest BCUT2D eigenvalue weighted by Crippen LogP contribution is 2.11. The topological polar surface area (TPSA) is 83.8 Å². The number of nitrogens with zero attached hydrogens (tertiary/aromatic N) is 1. The number of carbonyl (C=O) groups is 1. The average molecular weight is 261 g/mol. The number of nitrogens with one attached hydrogen (secondary N) is 2. The zero-order valence-corrected chi connectivity index (χ0v) is 11.1. The third kappa shape index (κ3) is 5.19. The molecule has 98 valence electrons. The largest absolute Gasteiger partial charge is 0.351 e. The summed E-state index contributed by atoms with van der Waals surface area (Å²) >= 11 is 0. The number of rotatable bonds is 6. The van der Waals surface area contributed by atoms with Crippen LogP contribution in [0.5, 0.6) is 0 Å². The van der Waals surface area contributed by atoms with Crippen LogP contribution in [-0.2, 0) is 0 Å². The zero-order valence-electron chi connectivity index (χ0n) is 10.3. The van der Waals surface area contributed by atoms with Crippen LogP contribution in [0.3, 0.4) is 0 Å². The molecule has 0 aliphatic heterocycles. The Morgan fingerprint density at radius 1 is 1.53 bits per heavy atom. The zero-order chi connectivity index (χ0) is 12.0. The first-order chi connectivity index (χ1) is 7.65. The van der Waals surface area contributed by atoms with E-state index in [1.807, 2.05) is 0 Å². The van der Waals surface area contributed by atoms with Crippen LogP contribution in [0.1, 0.15) is 48.8 Å². The minimum Gasteiger partial charge on any atom is -0.351 e. The van der Waals surface area contributed by atoms with Crippen LogP contribution in [0.15, 0.2) is 6.07 Å². The van der Waals surface area contributed by atoms with E-state index >= 15 is 0 Å². The van der Waals surface area contributed by atoms with Crippen LogP contribution in [0.25, 0.3) is 0 Å². The van der Waals surface area contributed by atoms with Crippen LogP contribution >= 0.6 is 12.4 Å². The van der Waals surface area contributed by atoms with E-state index < -0.39 is 0 Å².